The molecular weight excluding hydrogens is 348 g/mol. The SMILES string of the molecule is Cc1cc(C)n(CC(=O)N2CC3(CC(CC(=O)N4CCOCC4)CO3)C2)n1. The largest absolute Gasteiger partial charge is 0.378 e. The first kappa shape index (κ1) is 18.4. The van der Waals surface area contributed by atoms with Gasteiger partial charge in [0.1, 0.15) is 12.1 Å². The highest BCUT2D eigenvalue weighted by molar-refractivity contribution is 5.78. The molecule has 0 saturated carbocycles. The van der Waals surface area contributed by atoms with Crippen LogP contribution in [0.3, 0.4) is 0 Å². The van der Waals surface area contributed by atoms with Crippen LogP contribution in [0.25, 0.3) is 0 Å². The third kappa shape index (κ3) is 3.87. The normalized spacial score (nSPS) is 24.3. The number of nitrogens with zero attached hydrogens (tertiary/aromatic N) is 4. The third-order valence-electron chi connectivity index (χ3n) is 5.81. The molecule has 8 heteroatoms. The number of carbonyl (C=O) groups is 2. The number of hydrogen-bond acceptors (Lipinski definition) is 5. The maximum absolute atomic E-state index is 12.5. The summed E-state index contributed by atoms with van der Waals surface area (Å²) in [6.45, 7) is 8.63. The molecule has 0 bridgehead atoms. The van der Waals surface area contributed by atoms with Gasteiger partial charge in [-0.15, -0.1) is 0 Å². The molecule has 1 spiro atoms. The molecule has 0 aliphatic carbocycles. The summed E-state index contributed by atoms with van der Waals surface area (Å²) in [6.07, 6.45) is 1.38. The van der Waals surface area contributed by atoms with Crippen LogP contribution in [0.1, 0.15) is 24.2 Å². The molecule has 3 fully saturated rings. The minimum Gasteiger partial charge on any atom is -0.378 e. The van der Waals surface area contributed by atoms with Gasteiger partial charge in [-0.2, -0.15) is 5.10 Å². The zero-order chi connectivity index (χ0) is 19.0. The van der Waals surface area contributed by atoms with E-state index in [0.29, 0.717) is 52.4 Å². The van der Waals surface area contributed by atoms with Crippen LogP contribution >= 0.6 is 0 Å². The van der Waals surface area contributed by atoms with Crippen molar-refractivity contribution >= 4 is 11.8 Å². The van der Waals surface area contributed by atoms with Crippen molar-refractivity contribution in [2.24, 2.45) is 5.92 Å². The van der Waals surface area contributed by atoms with Gasteiger partial charge in [0, 0.05) is 25.2 Å². The molecule has 3 aliphatic rings. The fourth-order valence-corrected chi connectivity index (χ4v) is 4.37. The van der Waals surface area contributed by atoms with E-state index in [1.54, 1.807) is 4.68 Å². The Morgan fingerprint density at radius 1 is 1.19 bits per heavy atom. The van der Waals surface area contributed by atoms with Gasteiger partial charge in [0.05, 0.1) is 38.6 Å². The summed E-state index contributed by atoms with van der Waals surface area (Å²) in [4.78, 5) is 28.6. The van der Waals surface area contributed by atoms with Crippen LogP contribution in [0.4, 0.5) is 0 Å². The number of morpholine rings is 1. The van der Waals surface area contributed by atoms with E-state index >= 15 is 0 Å². The van der Waals surface area contributed by atoms with Crippen LogP contribution in [0, 0.1) is 19.8 Å². The molecule has 1 unspecified atom stereocenters. The van der Waals surface area contributed by atoms with Crippen LogP contribution in [0.15, 0.2) is 6.07 Å². The lowest BCUT2D eigenvalue weighted by Gasteiger charge is -2.47. The monoisotopic (exact) mass is 376 g/mol. The quantitative estimate of drug-likeness (QED) is 0.759. The van der Waals surface area contributed by atoms with E-state index in [4.69, 9.17) is 9.47 Å². The highest BCUT2D eigenvalue weighted by Crippen LogP contribution is 2.39. The zero-order valence-corrected chi connectivity index (χ0v) is 16.1. The van der Waals surface area contributed by atoms with Crippen LogP contribution in [0.2, 0.25) is 0 Å². The Kier molecular flexibility index (Phi) is 4.94. The molecule has 8 nitrogen and oxygen atoms in total. The Bertz CT molecular complexity index is 719. The maximum Gasteiger partial charge on any atom is 0.244 e. The van der Waals surface area contributed by atoms with E-state index in [-0.39, 0.29) is 29.9 Å². The van der Waals surface area contributed by atoms with Crippen molar-refractivity contribution in [3.63, 3.8) is 0 Å². The fourth-order valence-electron chi connectivity index (χ4n) is 4.37. The molecular formula is C19H28N4O4. The van der Waals surface area contributed by atoms with E-state index in [1.807, 2.05) is 29.7 Å². The summed E-state index contributed by atoms with van der Waals surface area (Å²) >= 11 is 0. The Balaban J connectivity index is 1.24. The van der Waals surface area contributed by atoms with Crippen molar-refractivity contribution in [3.05, 3.63) is 17.5 Å². The molecule has 27 heavy (non-hydrogen) atoms. The molecule has 2 amide bonds. The maximum atomic E-state index is 12.5. The molecule has 148 valence electrons. The van der Waals surface area contributed by atoms with E-state index in [2.05, 4.69) is 5.10 Å². The Morgan fingerprint density at radius 3 is 2.59 bits per heavy atom. The number of hydrogen-bond donors (Lipinski definition) is 0. The molecule has 1 atom stereocenters. The van der Waals surface area contributed by atoms with Gasteiger partial charge in [-0.1, -0.05) is 0 Å². The highest BCUT2D eigenvalue weighted by Gasteiger charge is 2.51. The first-order chi connectivity index (χ1) is 12.9. The summed E-state index contributed by atoms with van der Waals surface area (Å²) in [6, 6.07) is 1.97. The van der Waals surface area contributed by atoms with Crippen LogP contribution in [-0.2, 0) is 25.6 Å². The van der Waals surface area contributed by atoms with Crippen LogP contribution in [0.5, 0.6) is 0 Å². The van der Waals surface area contributed by atoms with Crippen molar-refractivity contribution in [3.8, 4) is 0 Å². The van der Waals surface area contributed by atoms with Crippen molar-refractivity contribution in [1.29, 1.82) is 0 Å². The molecule has 3 saturated heterocycles. The van der Waals surface area contributed by atoms with Gasteiger partial charge in [0.2, 0.25) is 11.8 Å². The average Bonchev–Trinajstić information content (AvgIpc) is 3.17. The lowest BCUT2D eigenvalue weighted by molar-refractivity contribution is -0.158. The van der Waals surface area contributed by atoms with E-state index < -0.39 is 0 Å². The van der Waals surface area contributed by atoms with Crippen molar-refractivity contribution in [2.75, 3.05) is 46.0 Å². The standard InChI is InChI=1S/C19H28N4O4/c1-14-7-15(2)23(20-14)10-18(25)22-12-19(13-22)9-16(11-27-19)8-17(24)21-3-5-26-6-4-21/h7,16H,3-6,8-13H2,1-2H3. The third-order valence-corrected chi connectivity index (χ3v) is 5.81. The number of carbonyl (C=O) groups excluding carboxylic acids is 2. The summed E-state index contributed by atoms with van der Waals surface area (Å²) in [5, 5.41) is 4.36. The number of aryl methyl sites for hydroxylation is 2. The summed E-state index contributed by atoms with van der Waals surface area (Å²) in [7, 11) is 0. The van der Waals surface area contributed by atoms with Gasteiger partial charge in [0.15, 0.2) is 0 Å². The molecule has 4 heterocycles. The van der Waals surface area contributed by atoms with Crippen LogP contribution < -0.4 is 0 Å². The zero-order valence-electron chi connectivity index (χ0n) is 16.1. The van der Waals surface area contributed by atoms with E-state index in [1.165, 1.54) is 0 Å². The van der Waals surface area contributed by atoms with Crippen molar-refractivity contribution in [2.45, 2.75) is 38.8 Å². The second kappa shape index (κ2) is 7.24. The number of aromatic nitrogens is 2. The second-order valence-electron chi connectivity index (χ2n) is 8.10. The van der Waals surface area contributed by atoms with Gasteiger partial charge < -0.3 is 19.3 Å². The predicted octanol–water partition coefficient (Wildman–Crippen LogP) is 0.366. The Labute approximate surface area is 159 Å². The molecule has 0 radical (unpaired) electrons. The van der Waals surface area contributed by atoms with Gasteiger partial charge in [0.25, 0.3) is 0 Å². The van der Waals surface area contributed by atoms with Gasteiger partial charge in [-0.3, -0.25) is 14.3 Å². The topological polar surface area (TPSA) is 76.9 Å². The van der Waals surface area contributed by atoms with E-state index in [9.17, 15) is 9.59 Å². The Morgan fingerprint density at radius 2 is 1.93 bits per heavy atom. The minimum atomic E-state index is -0.249. The lowest BCUT2D eigenvalue weighted by Crippen LogP contribution is -2.63. The molecule has 0 N–H and O–H groups in total. The number of amides is 2. The summed E-state index contributed by atoms with van der Waals surface area (Å²) < 4.78 is 13.1. The number of ether oxygens (including phenoxy) is 2. The predicted molar refractivity (Wildman–Crippen MR) is 97.1 cm³/mol. The van der Waals surface area contributed by atoms with Crippen LogP contribution in [-0.4, -0.2) is 83.0 Å². The van der Waals surface area contributed by atoms with Crippen molar-refractivity contribution < 1.29 is 19.1 Å². The van der Waals surface area contributed by atoms with Gasteiger partial charge in [-0.05, 0) is 32.3 Å². The average molecular weight is 376 g/mol. The molecule has 1 aromatic rings. The van der Waals surface area contributed by atoms with Crippen molar-refractivity contribution in [1.82, 2.24) is 19.6 Å². The lowest BCUT2D eigenvalue weighted by atomic mass is 9.85. The highest BCUT2D eigenvalue weighted by atomic mass is 16.5. The molecule has 3 aliphatic heterocycles. The molecule has 1 aromatic heterocycles. The van der Waals surface area contributed by atoms with Gasteiger partial charge >= 0.3 is 0 Å². The smallest absolute Gasteiger partial charge is 0.244 e. The molecule has 4 rings (SSSR count). The molecule has 0 aromatic carbocycles. The summed E-state index contributed by atoms with van der Waals surface area (Å²) in [5.74, 6) is 0.512. The first-order valence-electron chi connectivity index (χ1n) is 9.72. The fraction of sp³-hybridized carbons (Fsp3) is 0.737. The summed E-state index contributed by atoms with van der Waals surface area (Å²) in [5.41, 5.74) is 1.67. The Hall–Kier alpha value is -1.93. The minimum absolute atomic E-state index is 0.0725. The first-order valence-corrected chi connectivity index (χ1v) is 9.72. The number of likely N-dealkylation sites (tertiary alicyclic amines) is 1. The van der Waals surface area contributed by atoms with Gasteiger partial charge in [-0.25, -0.2) is 0 Å². The number of rotatable bonds is 4. The van der Waals surface area contributed by atoms with E-state index in [0.717, 1.165) is 17.8 Å². The second-order valence-corrected chi connectivity index (χ2v) is 8.10.